The van der Waals surface area contributed by atoms with Gasteiger partial charge >= 0.3 is 0 Å². The Morgan fingerprint density at radius 1 is 1.33 bits per heavy atom. The first-order valence-corrected chi connectivity index (χ1v) is 4.56. The fraction of sp³-hybridized carbons (Fsp3) is 0.700. The van der Waals surface area contributed by atoms with Gasteiger partial charge in [-0.1, -0.05) is 11.6 Å². The van der Waals surface area contributed by atoms with Gasteiger partial charge < -0.3 is 0 Å². The molecule has 0 N–H and O–H groups in total. The third kappa shape index (κ3) is 2.78. The molecule has 2 nitrogen and oxygen atoms in total. The van der Waals surface area contributed by atoms with Gasteiger partial charge in [-0.2, -0.15) is 0 Å². The molecule has 12 heavy (non-hydrogen) atoms. The summed E-state index contributed by atoms with van der Waals surface area (Å²) in [6.45, 7) is 3.71. The van der Waals surface area contributed by atoms with Crippen LogP contribution in [0.1, 0.15) is 26.2 Å². The van der Waals surface area contributed by atoms with Gasteiger partial charge in [0.05, 0.1) is 6.54 Å². The molecule has 0 aliphatic carbocycles. The van der Waals surface area contributed by atoms with Crippen molar-refractivity contribution in [1.29, 1.82) is 0 Å². The number of likely N-dealkylation sites (tertiary alicyclic amines) is 1. The highest BCUT2D eigenvalue weighted by atomic mass is 16.1. The summed E-state index contributed by atoms with van der Waals surface area (Å²) in [6.07, 6.45) is 4.97. The van der Waals surface area contributed by atoms with Crippen LogP contribution in [-0.2, 0) is 4.79 Å². The lowest BCUT2D eigenvalue weighted by molar-refractivity contribution is -0.120. The lowest BCUT2D eigenvalue weighted by Gasteiger charge is -2.20. The highest BCUT2D eigenvalue weighted by molar-refractivity contribution is 5.80. The molecule has 1 rings (SSSR count). The predicted octanol–water partition coefficient (Wildman–Crippen LogP) is 1.62. The normalized spacial score (nSPS) is 25.5. The molecule has 0 unspecified atom stereocenters. The van der Waals surface area contributed by atoms with E-state index >= 15 is 0 Å². The summed E-state index contributed by atoms with van der Waals surface area (Å²) in [4.78, 5) is 13.3. The van der Waals surface area contributed by atoms with E-state index in [1.54, 1.807) is 0 Å². The maximum atomic E-state index is 11.2. The summed E-state index contributed by atoms with van der Waals surface area (Å²) in [5.41, 5.74) is 1.43. The Kier molecular flexibility index (Phi) is 3.48. The molecular weight excluding hydrogens is 150 g/mol. The number of allylic oxidation sites excluding steroid dienone is 1. The average molecular weight is 167 g/mol. The van der Waals surface area contributed by atoms with Crippen molar-refractivity contribution in [1.82, 2.24) is 4.90 Å². The van der Waals surface area contributed by atoms with Gasteiger partial charge in [0.1, 0.15) is 5.78 Å². The zero-order valence-electron chi connectivity index (χ0n) is 7.97. The van der Waals surface area contributed by atoms with Crippen LogP contribution in [0, 0.1) is 0 Å². The van der Waals surface area contributed by atoms with E-state index in [0.717, 1.165) is 25.8 Å². The topological polar surface area (TPSA) is 20.3 Å². The van der Waals surface area contributed by atoms with E-state index in [4.69, 9.17) is 0 Å². The number of rotatable bonds is 0. The van der Waals surface area contributed by atoms with Gasteiger partial charge in [-0.3, -0.25) is 9.69 Å². The first kappa shape index (κ1) is 9.46. The third-order valence-corrected chi connectivity index (χ3v) is 2.39. The molecule has 1 aliphatic heterocycles. The number of likely N-dealkylation sites (N-methyl/N-ethyl adjacent to an activating group) is 1. The van der Waals surface area contributed by atoms with Gasteiger partial charge in [0, 0.05) is 13.0 Å². The molecule has 1 heterocycles. The summed E-state index contributed by atoms with van der Waals surface area (Å²) >= 11 is 0. The summed E-state index contributed by atoms with van der Waals surface area (Å²) in [6, 6.07) is 0. The molecule has 0 spiro atoms. The minimum absolute atomic E-state index is 0.372. The molecule has 0 aromatic carbocycles. The Morgan fingerprint density at radius 2 is 2.08 bits per heavy atom. The smallest absolute Gasteiger partial charge is 0.147 e. The number of nitrogens with zero attached hydrogens (tertiary/aromatic N) is 1. The number of hydrogen-bond acceptors (Lipinski definition) is 2. The number of hydrogen-bond donors (Lipinski definition) is 0. The minimum atomic E-state index is 0.372. The van der Waals surface area contributed by atoms with E-state index in [9.17, 15) is 4.79 Å². The SMILES string of the molecule is CC=C1CCC(=O)CN(C)CC1. The Morgan fingerprint density at radius 3 is 2.75 bits per heavy atom. The second kappa shape index (κ2) is 4.41. The van der Waals surface area contributed by atoms with Crippen LogP contribution in [-0.4, -0.2) is 30.8 Å². The molecule has 2 heteroatoms. The van der Waals surface area contributed by atoms with Crippen LogP contribution in [0.25, 0.3) is 0 Å². The van der Waals surface area contributed by atoms with Crippen LogP contribution < -0.4 is 0 Å². The van der Waals surface area contributed by atoms with E-state index in [1.807, 2.05) is 7.05 Å². The van der Waals surface area contributed by atoms with E-state index in [0.29, 0.717) is 12.3 Å². The quantitative estimate of drug-likeness (QED) is 0.511. The fourth-order valence-electron chi connectivity index (χ4n) is 1.51. The molecule has 0 atom stereocenters. The lowest BCUT2D eigenvalue weighted by Crippen LogP contribution is -2.28. The number of carbonyl (C=O) groups excluding carboxylic acids is 1. The summed E-state index contributed by atoms with van der Waals surface area (Å²) in [5, 5.41) is 0. The molecule has 1 fully saturated rings. The van der Waals surface area contributed by atoms with Crippen molar-refractivity contribution in [3.8, 4) is 0 Å². The van der Waals surface area contributed by atoms with E-state index < -0.39 is 0 Å². The van der Waals surface area contributed by atoms with Crippen molar-refractivity contribution in [2.75, 3.05) is 20.1 Å². The molecule has 1 aliphatic rings. The fourth-order valence-corrected chi connectivity index (χ4v) is 1.51. The van der Waals surface area contributed by atoms with Crippen molar-refractivity contribution < 1.29 is 4.79 Å². The molecule has 0 saturated carbocycles. The number of Topliss-reactive ketones (excluding diaryl/α,β-unsaturated/α-hetero) is 1. The summed E-state index contributed by atoms with van der Waals surface area (Å²) < 4.78 is 0. The van der Waals surface area contributed by atoms with Crippen LogP contribution in [0.15, 0.2) is 11.6 Å². The maximum Gasteiger partial charge on any atom is 0.147 e. The highest BCUT2D eigenvalue weighted by Crippen LogP contribution is 2.13. The lowest BCUT2D eigenvalue weighted by atomic mass is 10.0. The molecule has 0 aromatic heterocycles. The summed E-state index contributed by atoms with van der Waals surface area (Å²) in [5.74, 6) is 0.372. The minimum Gasteiger partial charge on any atom is -0.299 e. The first-order valence-electron chi connectivity index (χ1n) is 4.56. The zero-order valence-corrected chi connectivity index (χ0v) is 7.97. The largest absolute Gasteiger partial charge is 0.299 e. The molecule has 1 saturated heterocycles. The average Bonchev–Trinajstić information content (AvgIpc) is 2.02. The van der Waals surface area contributed by atoms with Crippen molar-refractivity contribution in [2.24, 2.45) is 0 Å². The molecular formula is C10H17NO. The van der Waals surface area contributed by atoms with Crippen molar-refractivity contribution in [2.45, 2.75) is 26.2 Å². The van der Waals surface area contributed by atoms with Crippen LogP contribution >= 0.6 is 0 Å². The predicted molar refractivity (Wildman–Crippen MR) is 50.1 cm³/mol. The van der Waals surface area contributed by atoms with Gasteiger partial charge in [-0.05, 0) is 26.8 Å². The zero-order chi connectivity index (χ0) is 8.97. The van der Waals surface area contributed by atoms with E-state index in [2.05, 4.69) is 17.9 Å². The van der Waals surface area contributed by atoms with Crippen LogP contribution in [0.3, 0.4) is 0 Å². The van der Waals surface area contributed by atoms with Crippen molar-refractivity contribution in [3.63, 3.8) is 0 Å². The molecule has 68 valence electrons. The standard InChI is InChI=1S/C10H17NO/c1-3-9-4-5-10(12)8-11(2)7-6-9/h3H,4-8H2,1-2H3. The Hall–Kier alpha value is -0.630. The van der Waals surface area contributed by atoms with Gasteiger partial charge in [0.15, 0.2) is 0 Å². The van der Waals surface area contributed by atoms with Crippen LogP contribution in [0.5, 0.6) is 0 Å². The van der Waals surface area contributed by atoms with Crippen molar-refractivity contribution >= 4 is 5.78 Å². The molecule has 0 bridgehead atoms. The van der Waals surface area contributed by atoms with Gasteiger partial charge in [-0.15, -0.1) is 0 Å². The van der Waals surface area contributed by atoms with Gasteiger partial charge in [-0.25, -0.2) is 0 Å². The number of ketones is 1. The maximum absolute atomic E-state index is 11.2. The number of carbonyl (C=O) groups is 1. The van der Waals surface area contributed by atoms with Crippen LogP contribution in [0.4, 0.5) is 0 Å². The van der Waals surface area contributed by atoms with E-state index in [1.165, 1.54) is 5.57 Å². The highest BCUT2D eigenvalue weighted by Gasteiger charge is 2.11. The molecule has 0 radical (unpaired) electrons. The van der Waals surface area contributed by atoms with E-state index in [-0.39, 0.29) is 0 Å². The third-order valence-electron chi connectivity index (χ3n) is 2.39. The Bertz CT molecular complexity index is 196. The molecule has 0 aromatic rings. The van der Waals surface area contributed by atoms with Crippen LogP contribution in [0.2, 0.25) is 0 Å². The summed E-state index contributed by atoms with van der Waals surface area (Å²) in [7, 11) is 2.01. The second-order valence-corrected chi connectivity index (χ2v) is 3.47. The second-order valence-electron chi connectivity index (χ2n) is 3.47. The monoisotopic (exact) mass is 167 g/mol. The van der Waals surface area contributed by atoms with Gasteiger partial charge in [0.25, 0.3) is 0 Å². The van der Waals surface area contributed by atoms with Crippen molar-refractivity contribution in [3.05, 3.63) is 11.6 Å². The first-order chi connectivity index (χ1) is 5.72. The Balaban J connectivity index is 2.53. The molecule has 0 amide bonds. The Labute approximate surface area is 74.2 Å². The van der Waals surface area contributed by atoms with Gasteiger partial charge in [0.2, 0.25) is 0 Å².